The Hall–Kier alpha value is -2.11. The first-order chi connectivity index (χ1) is 9.70. The monoisotopic (exact) mass is 291 g/mol. The molecule has 1 aliphatic rings. The first-order valence-electron chi connectivity index (χ1n) is 6.95. The standard InChI is InChI=1S/C15H21N3O3/c1-10-5-6-11(9-16-10)17-12(19)15(7-8-15)18-13(20)21-14(2,3)4/h5-6,9H,7-8H2,1-4H3,(H,17,19)(H,18,20). The summed E-state index contributed by atoms with van der Waals surface area (Å²) in [6, 6.07) is 3.60. The zero-order valence-electron chi connectivity index (χ0n) is 12.8. The lowest BCUT2D eigenvalue weighted by Gasteiger charge is -2.23. The predicted molar refractivity (Wildman–Crippen MR) is 78.9 cm³/mol. The van der Waals surface area contributed by atoms with Crippen molar-refractivity contribution in [2.45, 2.75) is 51.7 Å². The zero-order chi connectivity index (χ0) is 15.7. The van der Waals surface area contributed by atoms with E-state index >= 15 is 0 Å². The molecule has 0 radical (unpaired) electrons. The Balaban J connectivity index is 1.95. The number of aryl methyl sites for hydroxylation is 1. The van der Waals surface area contributed by atoms with E-state index < -0.39 is 17.2 Å². The van der Waals surface area contributed by atoms with E-state index in [1.807, 2.05) is 13.0 Å². The smallest absolute Gasteiger partial charge is 0.408 e. The van der Waals surface area contributed by atoms with Crippen LogP contribution in [0.2, 0.25) is 0 Å². The van der Waals surface area contributed by atoms with Gasteiger partial charge < -0.3 is 15.4 Å². The molecule has 1 aromatic heterocycles. The Morgan fingerprint density at radius 2 is 1.95 bits per heavy atom. The van der Waals surface area contributed by atoms with Gasteiger partial charge in [0.1, 0.15) is 11.1 Å². The lowest BCUT2D eigenvalue weighted by atomic mass is 10.2. The molecule has 114 valence electrons. The number of alkyl carbamates (subject to hydrolysis) is 1. The number of nitrogens with zero attached hydrogens (tertiary/aromatic N) is 1. The summed E-state index contributed by atoms with van der Waals surface area (Å²) in [4.78, 5) is 28.2. The summed E-state index contributed by atoms with van der Waals surface area (Å²) >= 11 is 0. The first kappa shape index (κ1) is 15.3. The third-order valence-electron chi connectivity index (χ3n) is 3.09. The van der Waals surface area contributed by atoms with Crippen molar-refractivity contribution in [1.29, 1.82) is 0 Å². The lowest BCUT2D eigenvalue weighted by molar-refractivity contribution is -0.119. The Morgan fingerprint density at radius 3 is 2.43 bits per heavy atom. The molecule has 1 fully saturated rings. The topological polar surface area (TPSA) is 80.3 Å². The Bertz CT molecular complexity index is 542. The van der Waals surface area contributed by atoms with Crippen LogP contribution in [0, 0.1) is 6.92 Å². The Labute approximate surface area is 124 Å². The molecule has 1 aromatic rings. The lowest BCUT2D eigenvalue weighted by Crippen LogP contribution is -2.47. The number of hydrogen-bond donors (Lipinski definition) is 2. The molecule has 1 heterocycles. The van der Waals surface area contributed by atoms with Crippen LogP contribution in [0.1, 0.15) is 39.3 Å². The minimum absolute atomic E-state index is 0.237. The van der Waals surface area contributed by atoms with Gasteiger partial charge in [-0.25, -0.2) is 4.79 Å². The van der Waals surface area contributed by atoms with Gasteiger partial charge in [-0.3, -0.25) is 9.78 Å². The van der Waals surface area contributed by atoms with Crippen LogP contribution in [0.3, 0.4) is 0 Å². The van der Waals surface area contributed by atoms with Crippen LogP contribution in [0.5, 0.6) is 0 Å². The molecular weight excluding hydrogens is 270 g/mol. The summed E-state index contributed by atoms with van der Waals surface area (Å²) in [7, 11) is 0. The molecule has 0 spiro atoms. The van der Waals surface area contributed by atoms with Crippen molar-refractivity contribution in [3.63, 3.8) is 0 Å². The van der Waals surface area contributed by atoms with Gasteiger partial charge in [0.15, 0.2) is 0 Å². The van der Waals surface area contributed by atoms with Crippen molar-refractivity contribution in [1.82, 2.24) is 10.3 Å². The molecule has 0 saturated heterocycles. The van der Waals surface area contributed by atoms with E-state index in [-0.39, 0.29) is 5.91 Å². The second-order valence-corrected chi connectivity index (χ2v) is 6.35. The fourth-order valence-electron chi connectivity index (χ4n) is 1.83. The molecule has 6 heteroatoms. The van der Waals surface area contributed by atoms with Gasteiger partial charge in [-0.2, -0.15) is 0 Å². The second-order valence-electron chi connectivity index (χ2n) is 6.35. The number of rotatable bonds is 3. The predicted octanol–water partition coefficient (Wildman–Crippen LogP) is 2.39. The average Bonchev–Trinajstić information content (AvgIpc) is 3.10. The van der Waals surface area contributed by atoms with Gasteiger partial charge in [-0.05, 0) is 52.7 Å². The van der Waals surface area contributed by atoms with Crippen molar-refractivity contribution in [3.05, 3.63) is 24.0 Å². The van der Waals surface area contributed by atoms with Gasteiger partial charge in [0, 0.05) is 5.69 Å². The molecule has 0 atom stereocenters. The minimum atomic E-state index is -0.854. The maximum Gasteiger partial charge on any atom is 0.408 e. The molecular formula is C15H21N3O3. The molecule has 2 N–H and O–H groups in total. The summed E-state index contributed by atoms with van der Waals surface area (Å²) < 4.78 is 5.19. The number of nitrogens with one attached hydrogen (secondary N) is 2. The molecule has 1 saturated carbocycles. The van der Waals surface area contributed by atoms with Crippen molar-refractivity contribution in [2.75, 3.05) is 5.32 Å². The molecule has 0 aliphatic heterocycles. The van der Waals surface area contributed by atoms with Crippen LogP contribution < -0.4 is 10.6 Å². The molecule has 0 unspecified atom stereocenters. The quantitative estimate of drug-likeness (QED) is 0.896. The highest BCUT2D eigenvalue weighted by molar-refractivity contribution is 6.02. The first-order valence-corrected chi connectivity index (χ1v) is 6.95. The van der Waals surface area contributed by atoms with E-state index in [4.69, 9.17) is 4.74 Å². The number of carbonyl (C=O) groups is 2. The van der Waals surface area contributed by atoms with Crippen LogP contribution in [0.4, 0.5) is 10.5 Å². The highest BCUT2D eigenvalue weighted by Crippen LogP contribution is 2.36. The molecule has 2 rings (SSSR count). The summed E-state index contributed by atoms with van der Waals surface area (Å²) in [6.45, 7) is 7.22. The van der Waals surface area contributed by atoms with Crippen molar-refractivity contribution >= 4 is 17.7 Å². The van der Waals surface area contributed by atoms with Gasteiger partial charge in [-0.1, -0.05) is 0 Å². The van der Waals surface area contributed by atoms with E-state index in [9.17, 15) is 9.59 Å². The van der Waals surface area contributed by atoms with Crippen LogP contribution in [-0.4, -0.2) is 28.1 Å². The summed E-state index contributed by atoms with van der Waals surface area (Å²) in [6.07, 6.45) is 2.24. The van der Waals surface area contributed by atoms with E-state index in [1.165, 1.54) is 0 Å². The fraction of sp³-hybridized carbons (Fsp3) is 0.533. The number of ether oxygens (including phenoxy) is 1. The molecule has 0 bridgehead atoms. The summed E-state index contributed by atoms with van der Waals surface area (Å²) in [5, 5.41) is 5.43. The molecule has 6 nitrogen and oxygen atoms in total. The van der Waals surface area contributed by atoms with Crippen LogP contribution in [0.25, 0.3) is 0 Å². The SMILES string of the molecule is Cc1ccc(NC(=O)C2(NC(=O)OC(C)(C)C)CC2)cn1. The minimum Gasteiger partial charge on any atom is -0.444 e. The number of amides is 2. The van der Waals surface area contributed by atoms with Crippen LogP contribution >= 0.6 is 0 Å². The molecule has 0 aromatic carbocycles. The van der Waals surface area contributed by atoms with E-state index in [0.29, 0.717) is 18.5 Å². The molecule has 21 heavy (non-hydrogen) atoms. The van der Waals surface area contributed by atoms with Gasteiger partial charge in [0.2, 0.25) is 5.91 Å². The largest absolute Gasteiger partial charge is 0.444 e. The maximum atomic E-state index is 12.3. The number of anilines is 1. The summed E-state index contributed by atoms with van der Waals surface area (Å²) in [5.74, 6) is -0.237. The maximum absolute atomic E-state index is 12.3. The van der Waals surface area contributed by atoms with Gasteiger partial charge >= 0.3 is 6.09 Å². The fourth-order valence-corrected chi connectivity index (χ4v) is 1.83. The highest BCUT2D eigenvalue weighted by Gasteiger charge is 2.52. The van der Waals surface area contributed by atoms with Gasteiger partial charge in [0.25, 0.3) is 0 Å². The average molecular weight is 291 g/mol. The molecule has 2 amide bonds. The Kier molecular flexibility index (Phi) is 3.89. The van der Waals surface area contributed by atoms with Crippen LogP contribution in [0.15, 0.2) is 18.3 Å². The zero-order valence-corrected chi connectivity index (χ0v) is 12.8. The van der Waals surface area contributed by atoms with E-state index in [0.717, 1.165) is 5.69 Å². The normalized spacial score (nSPS) is 16.0. The third kappa shape index (κ3) is 4.18. The number of hydrogen-bond acceptors (Lipinski definition) is 4. The van der Waals surface area contributed by atoms with E-state index in [2.05, 4.69) is 15.6 Å². The third-order valence-corrected chi connectivity index (χ3v) is 3.09. The second kappa shape index (κ2) is 5.35. The van der Waals surface area contributed by atoms with Crippen molar-refractivity contribution in [3.8, 4) is 0 Å². The van der Waals surface area contributed by atoms with E-state index in [1.54, 1.807) is 33.0 Å². The van der Waals surface area contributed by atoms with Crippen LogP contribution in [-0.2, 0) is 9.53 Å². The number of aromatic nitrogens is 1. The molecule has 1 aliphatic carbocycles. The van der Waals surface area contributed by atoms with Gasteiger partial charge in [-0.15, -0.1) is 0 Å². The van der Waals surface area contributed by atoms with Crippen molar-refractivity contribution < 1.29 is 14.3 Å². The van der Waals surface area contributed by atoms with Gasteiger partial charge in [0.05, 0.1) is 11.9 Å². The Morgan fingerprint density at radius 1 is 1.29 bits per heavy atom. The number of pyridine rings is 1. The highest BCUT2D eigenvalue weighted by atomic mass is 16.6. The van der Waals surface area contributed by atoms with Crippen molar-refractivity contribution in [2.24, 2.45) is 0 Å². The summed E-state index contributed by atoms with van der Waals surface area (Å²) in [5.41, 5.74) is 0.0500. The number of carbonyl (C=O) groups excluding carboxylic acids is 2.